The van der Waals surface area contributed by atoms with Gasteiger partial charge in [-0.05, 0) is 11.6 Å². The fourth-order valence-electron chi connectivity index (χ4n) is 1.06. The highest BCUT2D eigenvalue weighted by atomic mass is 16.5. The molecule has 0 amide bonds. The highest BCUT2D eigenvalue weighted by Crippen LogP contribution is 2.21. The Morgan fingerprint density at radius 2 is 2.23 bits per heavy atom. The largest absolute Gasteiger partial charge is 0.507 e. The summed E-state index contributed by atoms with van der Waals surface area (Å²) < 4.78 is 4.45. The van der Waals surface area contributed by atoms with Crippen molar-refractivity contribution >= 4 is 5.97 Å². The van der Waals surface area contributed by atoms with E-state index < -0.39 is 5.97 Å². The van der Waals surface area contributed by atoms with Crippen molar-refractivity contribution in [2.75, 3.05) is 7.11 Å². The SMILES string of the molecule is COC(=O)c1c(O)cccc1CO. The number of ether oxygens (including phenoxy) is 1. The maximum atomic E-state index is 11.1. The second-order valence-corrected chi connectivity index (χ2v) is 2.46. The molecule has 0 bridgehead atoms. The third kappa shape index (κ3) is 1.78. The smallest absolute Gasteiger partial charge is 0.342 e. The lowest BCUT2D eigenvalue weighted by Crippen LogP contribution is -2.05. The number of benzene rings is 1. The van der Waals surface area contributed by atoms with Crippen LogP contribution in [0.1, 0.15) is 15.9 Å². The van der Waals surface area contributed by atoms with Crippen LogP contribution in [-0.2, 0) is 11.3 Å². The molecule has 1 aromatic carbocycles. The Morgan fingerprint density at radius 3 is 2.77 bits per heavy atom. The van der Waals surface area contributed by atoms with Crippen LogP contribution in [0.4, 0.5) is 0 Å². The second kappa shape index (κ2) is 3.91. The minimum atomic E-state index is -0.651. The van der Waals surface area contributed by atoms with Crippen LogP contribution in [0.25, 0.3) is 0 Å². The van der Waals surface area contributed by atoms with E-state index in [4.69, 9.17) is 5.11 Å². The van der Waals surface area contributed by atoms with Crippen molar-refractivity contribution in [3.63, 3.8) is 0 Å². The van der Waals surface area contributed by atoms with Crippen molar-refractivity contribution in [3.8, 4) is 5.75 Å². The van der Waals surface area contributed by atoms with E-state index in [-0.39, 0.29) is 17.9 Å². The predicted octanol–water partition coefficient (Wildman–Crippen LogP) is 0.671. The first kappa shape index (κ1) is 9.54. The van der Waals surface area contributed by atoms with Crippen molar-refractivity contribution in [2.45, 2.75) is 6.61 Å². The van der Waals surface area contributed by atoms with Crippen molar-refractivity contribution in [1.82, 2.24) is 0 Å². The number of hydrogen-bond donors (Lipinski definition) is 2. The van der Waals surface area contributed by atoms with Crippen LogP contribution in [0, 0.1) is 0 Å². The predicted molar refractivity (Wildman–Crippen MR) is 45.4 cm³/mol. The van der Waals surface area contributed by atoms with E-state index in [2.05, 4.69) is 4.74 Å². The Kier molecular flexibility index (Phi) is 2.87. The third-order valence-electron chi connectivity index (χ3n) is 1.69. The van der Waals surface area contributed by atoms with Crippen molar-refractivity contribution in [2.24, 2.45) is 0 Å². The van der Waals surface area contributed by atoms with Gasteiger partial charge in [-0.15, -0.1) is 0 Å². The summed E-state index contributed by atoms with van der Waals surface area (Å²) in [7, 11) is 1.22. The van der Waals surface area contributed by atoms with Gasteiger partial charge in [0.25, 0.3) is 0 Å². The Bertz CT molecular complexity index is 319. The van der Waals surface area contributed by atoms with Crippen LogP contribution in [0.5, 0.6) is 5.75 Å². The molecule has 0 radical (unpaired) electrons. The monoisotopic (exact) mass is 182 g/mol. The van der Waals surface area contributed by atoms with E-state index in [0.717, 1.165) is 0 Å². The molecule has 70 valence electrons. The van der Waals surface area contributed by atoms with Gasteiger partial charge in [-0.3, -0.25) is 0 Å². The molecule has 0 atom stereocenters. The summed E-state index contributed by atoms with van der Waals surface area (Å²) in [6, 6.07) is 4.46. The molecule has 0 aromatic heterocycles. The molecular weight excluding hydrogens is 172 g/mol. The van der Waals surface area contributed by atoms with E-state index in [1.165, 1.54) is 13.2 Å². The van der Waals surface area contributed by atoms with Crippen LogP contribution in [0.15, 0.2) is 18.2 Å². The van der Waals surface area contributed by atoms with Crippen LogP contribution in [0.3, 0.4) is 0 Å². The van der Waals surface area contributed by atoms with Crippen molar-refractivity contribution in [1.29, 1.82) is 0 Å². The minimum Gasteiger partial charge on any atom is -0.507 e. The number of hydrogen-bond acceptors (Lipinski definition) is 4. The third-order valence-corrected chi connectivity index (χ3v) is 1.69. The lowest BCUT2D eigenvalue weighted by molar-refractivity contribution is 0.0593. The van der Waals surface area contributed by atoms with Gasteiger partial charge in [0.1, 0.15) is 11.3 Å². The molecule has 0 fully saturated rings. The number of phenolic OH excluding ortho intramolecular Hbond substituents is 1. The molecular formula is C9H10O4. The zero-order valence-electron chi connectivity index (χ0n) is 7.15. The Morgan fingerprint density at radius 1 is 1.54 bits per heavy atom. The number of rotatable bonds is 2. The maximum Gasteiger partial charge on any atom is 0.342 e. The molecule has 4 heteroatoms. The molecule has 0 aliphatic rings. The standard InChI is InChI=1S/C9H10O4/c1-13-9(12)8-6(5-10)3-2-4-7(8)11/h2-4,10-11H,5H2,1H3. The molecule has 4 nitrogen and oxygen atoms in total. The number of carbonyl (C=O) groups excluding carboxylic acids is 1. The van der Waals surface area contributed by atoms with E-state index in [1.54, 1.807) is 12.1 Å². The molecule has 2 N–H and O–H groups in total. The molecule has 13 heavy (non-hydrogen) atoms. The lowest BCUT2D eigenvalue weighted by Gasteiger charge is -2.06. The molecule has 0 saturated carbocycles. The Hall–Kier alpha value is -1.55. The lowest BCUT2D eigenvalue weighted by atomic mass is 10.1. The molecule has 0 unspecified atom stereocenters. The first-order chi connectivity index (χ1) is 6.20. The fraction of sp³-hybridized carbons (Fsp3) is 0.222. The van der Waals surface area contributed by atoms with Gasteiger partial charge in [-0.2, -0.15) is 0 Å². The first-order valence-electron chi connectivity index (χ1n) is 3.70. The van der Waals surface area contributed by atoms with Gasteiger partial charge in [0.05, 0.1) is 13.7 Å². The quantitative estimate of drug-likeness (QED) is 0.660. The fourth-order valence-corrected chi connectivity index (χ4v) is 1.06. The normalized spacial score (nSPS) is 9.69. The van der Waals surface area contributed by atoms with Crippen LogP contribution in [0.2, 0.25) is 0 Å². The number of aliphatic hydroxyl groups is 1. The van der Waals surface area contributed by atoms with Gasteiger partial charge in [0.2, 0.25) is 0 Å². The number of esters is 1. The summed E-state index contributed by atoms with van der Waals surface area (Å²) in [4.78, 5) is 11.1. The number of methoxy groups -OCH3 is 1. The van der Waals surface area contributed by atoms with Gasteiger partial charge in [0, 0.05) is 0 Å². The molecule has 1 aromatic rings. The van der Waals surface area contributed by atoms with Crippen molar-refractivity contribution in [3.05, 3.63) is 29.3 Å². The average molecular weight is 182 g/mol. The summed E-state index contributed by atoms with van der Waals surface area (Å²) in [5, 5.41) is 18.2. The maximum absolute atomic E-state index is 11.1. The van der Waals surface area contributed by atoms with Crippen LogP contribution < -0.4 is 0 Å². The number of aromatic hydroxyl groups is 1. The molecule has 0 aliphatic heterocycles. The summed E-state index contributed by atoms with van der Waals surface area (Å²) in [5.74, 6) is -0.833. The van der Waals surface area contributed by atoms with Gasteiger partial charge < -0.3 is 14.9 Å². The van der Waals surface area contributed by atoms with Gasteiger partial charge >= 0.3 is 5.97 Å². The number of aliphatic hydroxyl groups excluding tert-OH is 1. The van der Waals surface area contributed by atoms with Gasteiger partial charge in [-0.1, -0.05) is 12.1 Å². The number of carbonyl (C=O) groups is 1. The van der Waals surface area contributed by atoms with Crippen LogP contribution >= 0.6 is 0 Å². The summed E-state index contributed by atoms with van der Waals surface area (Å²) in [6.07, 6.45) is 0. The minimum absolute atomic E-state index is 0.0208. The molecule has 0 saturated heterocycles. The molecule has 0 spiro atoms. The highest BCUT2D eigenvalue weighted by molar-refractivity contribution is 5.93. The zero-order chi connectivity index (χ0) is 9.84. The molecule has 0 aliphatic carbocycles. The summed E-state index contributed by atoms with van der Waals surface area (Å²) in [6.45, 7) is -0.307. The number of phenols is 1. The van der Waals surface area contributed by atoms with Crippen molar-refractivity contribution < 1.29 is 19.7 Å². The Balaban J connectivity index is 3.22. The zero-order valence-corrected chi connectivity index (χ0v) is 7.15. The average Bonchev–Trinajstić information content (AvgIpc) is 2.16. The van der Waals surface area contributed by atoms with Gasteiger partial charge in [-0.25, -0.2) is 4.79 Å². The van der Waals surface area contributed by atoms with E-state index in [9.17, 15) is 9.90 Å². The summed E-state index contributed by atoms with van der Waals surface area (Å²) in [5.41, 5.74) is 0.374. The summed E-state index contributed by atoms with van der Waals surface area (Å²) >= 11 is 0. The van der Waals surface area contributed by atoms with E-state index >= 15 is 0 Å². The van der Waals surface area contributed by atoms with E-state index in [0.29, 0.717) is 5.56 Å². The van der Waals surface area contributed by atoms with Crippen LogP contribution in [-0.4, -0.2) is 23.3 Å². The first-order valence-corrected chi connectivity index (χ1v) is 3.70. The second-order valence-electron chi connectivity index (χ2n) is 2.46. The topological polar surface area (TPSA) is 66.8 Å². The van der Waals surface area contributed by atoms with E-state index in [1.807, 2.05) is 0 Å². The highest BCUT2D eigenvalue weighted by Gasteiger charge is 2.15. The Labute approximate surface area is 75.4 Å². The van der Waals surface area contributed by atoms with Gasteiger partial charge in [0.15, 0.2) is 0 Å². The molecule has 1 rings (SSSR count). The molecule has 0 heterocycles.